The maximum absolute atomic E-state index is 14.0. The van der Waals surface area contributed by atoms with E-state index < -0.39 is 11.8 Å². The van der Waals surface area contributed by atoms with Crippen molar-refractivity contribution in [1.29, 1.82) is 0 Å². The lowest BCUT2D eigenvalue weighted by Crippen LogP contribution is -2.00. The standard InChI is InChI=1S/C16H13FN2O3/c17-14-5-11(7-16(21)22)6-15-13(14)9-19(18-15)8-10-1-3-12(20)4-2-10/h1-6,9,20H,7-8H2,(H,21,22). The van der Waals surface area contributed by atoms with Crippen LogP contribution in [0.4, 0.5) is 4.39 Å². The Balaban J connectivity index is 1.93. The average molecular weight is 300 g/mol. The predicted octanol–water partition coefficient (Wildman–Crippen LogP) is 2.56. The van der Waals surface area contributed by atoms with Gasteiger partial charge in [0.05, 0.1) is 23.9 Å². The number of hydrogen-bond acceptors (Lipinski definition) is 3. The topological polar surface area (TPSA) is 75.3 Å². The summed E-state index contributed by atoms with van der Waals surface area (Å²) < 4.78 is 15.6. The molecule has 1 aromatic heterocycles. The molecule has 3 aromatic rings. The molecule has 112 valence electrons. The van der Waals surface area contributed by atoms with Gasteiger partial charge in [0.15, 0.2) is 0 Å². The number of carboxylic acid groups (broad SMARTS) is 1. The minimum absolute atomic E-state index is 0.179. The van der Waals surface area contributed by atoms with E-state index in [1.54, 1.807) is 41.2 Å². The van der Waals surface area contributed by atoms with Crippen molar-refractivity contribution in [2.75, 3.05) is 0 Å². The molecule has 0 unspecified atom stereocenters. The van der Waals surface area contributed by atoms with Gasteiger partial charge in [0.1, 0.15) is 11.6 Å². The van der Waals surface area contributed by atoms with Gasteiger partial charge in [-0.3, -0.25) is 9.48 Å². The lowest BCUT2D eigenvalue weighted by Gasteiger charge is -2.01. The Morgan fingerprint density at radius 2 is 1.91 bits per heavy atom. The second kappa shape index (κ2) is 5.48. The van der Waals surface area contributed by atoms with Gasteiger partial charge in [-0.15, -0.1) is 0 Å². The van der Waals surface area contributed by atoms with Gasteiger partial charge < -0.3 is 10.2 Å². The number of carboxylic acids is 1. The highest BCUT2D eigenvalue weighted by atomic mass is 19.1. The number of halogens is 1. The van der Waals surface area contributed by atoms with Gasteiger partial charge in [-0.2, -0.15) is 5.10 Å². The third kappa shape index (κ3) is 2.90. The fraction of sp³-hybridized carbons (Fsp3) is 0.125. The van der Waals surface area contributed by atoms with Crippen LogP contribution in [0.1, 0.15) is 11.1 Å². The summed E-state index contributed by atoms with van der Waals surface area (Å²) in [5, 5.41) is 22.7. The summed E-state index contributed by atoms with van der Waals surface area (Å²) in [4.78, 5) is 10.7. The molecule has 3 rings (SSSR count). The smallest absolute Gasteiger partial charge is 0.307 e. The van der Waals surface area contributed by atoms with E-state index in [0.717, 1.165) is 5.56 Å². The van der Waals surface area contributed by atoms with Crippen molar-refractivity contribution in [3.63, 3.8) is 0 Å². The second-order valence-electron chi connectivity index (χ2n) is 5.07. The third-order valence-electron chi connectivity index (χ3n) is 3.32. The van der Waals surface area contributed by atoms with Gasteiger partial charge >= 0.3 is 5.97 Å². The van der Waals surface area contributed by atoms with Gasteiger partial charge in [0.2, 0.25) is 0 Å². The van der Waals surface area contributed by atoms with Crippen molar-refractivity contribution in [2.24, 2.45) is 0 Å². The Morgan fingerprint density at radius 3 is 2.59 bits per heavy atom. The Kier molecular flexibility index (Phi) is 3.50. The highest BCUT2D eigenvalue weighted by Crippen LogP contribution is 2.20. The third-order valence-corrected chi connectivity index (χ3v) is 3.32. The average Bonchev–Trinajstić information content (AvgIpc) is 2.84. The first-order chi connectivity index (χ1) is 10.5. The van der Waals surface area contributed by atoms with E-state index in [0.29, 0.717) is 23.0 Å². The van der Waals surface area contributed by atoms with E-state index >= 15 is 0 Å². The fourth-order valence-corrected chi connectivity index (χ4v) is 2.33. The molecule has 0 atom stereocenters. The van der Waals surface area contributed by atoms with Gasteiger partial charge in [-0.25, -0.2) is 4.39 Å². The molecule has 2 N–H and O–H groups in total. The molecule has 2 aromatic carbocycles. The number of aromatic hydroxyl groups is 1. The number of nitrogens with zero attached hydrogens (tertiary/aromatic N) is 2. The minimum Gasteiger partial charge on any atom is -0.508 e. The zero-order valence-corrected chi connectivity index (χ0v) is 11.5. The van der Waals surface area contributed by atoms with Crippen LogP contribution in [0.15, 0.2) is 42.6 Å². The molecule has 6 heteroatoms. The molecule has 5 nitrogen and oxygen atoms in total. The van der Waals surface area contributed by atoms with Crippen LogP contribution >= 0.6 is 0 Å². The summed E-state index contributed by atoms with van der Waals surface area (Å²) in [6, 6.07) is 9.47. The Labute approximate surface area is 125 Å². The van der Waals surface area contributed by atoms with Crippen LogP contribution in [0.5, 0.6) is 5.75 Å². The van der Waals surface area contributed by atoms with Gasteiger partial charge in [-0.1, -0.05) is 12.1 Å². The minimum atomic E-state index is -1.01. The van der Waals surface area contributed by atoms with E-state index in [1.807, 2.05) is 0 Å². The fourth-order valence-electron chi connectivity index (χ4n) is 2.33. The maximum Gasteiger partial charge on any atom is 0.307 e. The zero-order valence-electron chi connectivity index (χ0n) is 11.5. The number of rotatable bonds is 4. The van der Waals surface area contributed by atoms with Crippen molar-refractivity contribution >= 4 is 16.9 Å². The van der Waals surface area contributed by atoms with Crippen molar-refractivity contribution < 1.29 is 19.4 Å². The second-order valence-corrected chi connectivity index (χ2v) is 5.07. The van der Waals surface area contributed by atoms with E-state index in [2.05, 4.69) is 5.10 Å². The van der Waals surface area contributed by atoms with Gasteiger partial charge in [0, 0.05) is 6.20 Å². The number of benzene rings is 2. The van der Waals surface area contributed by atoms with Crippen LogP contribution in [0.25, 0.3) is 10.9 Å². The molecule has 22 heavy (non-hydrogen) atoms. The molecule has 0 radical (unpaired) electrons. The van der Waals surface area contributed by atoms with Crippen LogP contribution in [0, 0.1) is 5.82 Å². The Bertz CT molecular complexity index is 840. The number of hydrogen-bond donors (Lipinski definition) is 2. The largest absolute Gasteiger partial charge is 0.508 e. The van der Waals surface area contributed by atoms with Crippen molar-refractivity contribution in [3.8, 4) is 5.75 Å². The summed E-state index contributed by atoms with van der Waals surface area (Å²) in [6.45, 7) is 0.433. The molecule has 0 saturated carbocycles. The molecule has 0 amide bonds. The quantitative estimate of drug-likeness (QED) is 0.776. The summed E-state index contributed by atoms with van der Waals surface area (Å²) >= 11 is 0. The van der Waals surface area contributed by atoms with E-state index in [9.17, 15) is 14.3 Å². The van der Waals surface area contributed by atoms with Crippen LogP contribution in [-0.2, 0) is 17.8 Å². The maximum atomic E-state index is 14.0. The SMILES string of the molecule is O=C(O)Cc1cc(F)c2cn(Cc3ccc(O)cc3)nc2c1. The first-order valence-electron chi connectivity index (χ1n) is 6.66. The molecule has 0 fully saturated rings. The first kappa shape index (κ1) is 14.1. The van der Waals surface area contributed by atoms with Crippen molar-refractivity contribution in [3.05, 3.63) is 59.5 Å². The predicted molar refractivity (Wildman–Crippen MR) is 78.2 cm³/mol. The van der Waals surface area contributed by atoms with E-state index in [-0.39, 0.29) is 12.2 Å². The highest BCUT2D eigenvalue weighted by molar-refractivity contribution is 5.81. The molecular weight excluding hydrogens is 287 g/mol. The normalized spacial score (nSPS) is 11.0. The lowest BCUT2D eigenvalue weighted by molar-refractivity contribution is -0.136. The monoisotopic (exact) mass is 300 g/mol. The van der Waals surface area contributed by atoms with Crippen LogP contribution in [-0.4, -0.2) is 26.0 Å². The number of phenols is 1. The summed E-state index contributed by atoms with van der Waals surface area (Å²) in [7, 11) is 0. The lowest BCUT2D eigenvalue weighted by atomic mass is 10.1. The first-order valence-corrected chi connectivity index (χ1v) is 6.66. The highest BCUT2D eigenvalue weighted by Gasteiger charge is 2.10. The van der Waals surface area contributed by atoms with Crippen molar-refractivity contribution in [1.82, 2.24) is 9.78 Å². The molecule has 0 spiro atoms. The van der Waals surface area contributed by atoms with Crippen LogP contribution in [0.2, 0.25) is 0 Å². The summed E-state index contributed by atoms with van der Waals surface area (Å²) in [5.41, 5.74) is 1.72. The molecule has 0 aliphatic heterocycles. The molecular formula is C16H13FN2O3. The van der Waals surface area contributed by atoms with E-state index in [4.69, 9.17) is 5.11 Å². The van der Waals surface area contributed by atoms with Crippen molar-refractivity contribution in [2.45, 2.75) is 13.0 Å². The number of fused-ring (bicyclic) bond motifs is 1. The Hall–Kier alpha value is -2.89. The van der Waals surface area contributed by atoms with E-state index in [1.165, 1.54) is 6.07 Å². The Morgan fingerprint density at radius 1 is 1.18 bits per heavy atom. The molecule has 0 aliphatic carbocycles. The molecule has 0 aliphatic rings. The summed E-state index contributed by atoms with van der Waals surface area (Å²) in [5.74, 6) is -1.31. The number of carbonyl (C=O) groups is 1. The molecule has 0 saturated heterocycles. The van der Waals surface area contributed by atoms with Gasteiger partial charge in [-0.05, 0) is 35.4 Å². The molecule has 0 bridgehead atoms. The van der Waals surface area contributed by atoms with Gasteiger partial charge in [0.25, 0.3) is 0 Å². The summed E-state index contributed by atoms with van der Waals surface area (Å²) in [6.07, 6.45) is 1.35. The van der Waals surface area contributed by atoms with Crippen LogP contribution in [0.3, 0.4) is 0 Å². The zero-order chi connectivity index (χ0) is 15.7. The molecule has 1 heterocycles. The number of aromatic nitrogens is 2. The van der Waals surface area contributed by atoms with Crippen LogP contribution < -0.4 is 0 Å². The number of aliphatic carboxylic acids is 1. The number of phenolic OH excluding ortho intramolecular Hbond substituents is 1.